The molecule has 1 aromatic heterocycles. The number of amides is 1. The summed E-state index contributed by atoms with van der Waals surface area (Å²) in [6.07, 6.45) is -0.246. The molecule has 2 rings (SSSR count). The molecule has 2 heterocycles. The van der Waals surface area contributed by atoms with Crippen molar-refractivity contribution in [2.45, 2.75) is 40.2 Å². The highest BCUT2D eigenvalue weighted by atomic mass is 16.6. The summed E-state index contributed by atoms with van der Waals surface area (Å²) >= 11 is 0. The van der Waals surface area contributed by atoms with Crippen molar-refractivity contribution >= 4 is 11.9 Å². The predicted octanol–water partition coefficient (Wildman–Crippen LogP) is 2.85. The number of pyridine rings is 1. The van der Waals surface area contributed by atoms with Crippen LogP contribution in [0.2, 0.25) is 0 Å². The van der Waals surface area contributed by atoms with E-state index in [0.29, 0.717) is 19.7 Å². The van der Waals surface area contributed by atoms with Gasteiger partial charge >= 0.3 is 6.09 Å². The first kappa shape index (κ1) is 17.4. The highest BCUT2D eigenvalue weighted by molar-refractivity contribution is 5.68. The van der Waals surface area contributed by atoms with Gasteiger partial charge in [-0.1, -0.05) is 0 Å². The molecule has 0 radical (unpaired) electrons. The fourth-order valence-corrected chi connectivity index (χ4v) is 2.48. The van der Waals surface area contributed by atoms with Crippen LogP contribution < -0.4 is 9.64 Å². The summed E-state index contributed by atoms with van der Waals surface area (Å²) in [6, 6.07) is 3.89. The van der Waals surface area contributed by atoms with Crippen LogP contribution in [-0.4, -0.2) is 54.4 Å². The highest BCUT2D eigenvalue weighted by Gasteiger charge is 2.26. The van der Waals surface area contributed by atoms with Crippen LogP contribution in [0.4, 0.5) is 10.6 Å². The van der Waals surface area contributed by atoms with Gasteiger partial charge < -0.3 is 19.3 Å². The lowest BCUT2D eigenvalue weighted by Gasteiger charge is -2.36. The molecule has 1 fully saturated rings. The fraction of sp³-hybridized carbons (Fsp3) is 0.647. The Morgan fingerprint density at radius 1 is 1.22 bits per heavy atom. The number of hydrogen-bond donors (Lipinski definition) is 0. The van der Waals surface area contributed by atoms with E-state index in [9.17, 15) is 4.79 Å². The average molecular weight is 321 g/mol. The van der Waals surface area contributed by atoms with Crippen molar-refractivity contribution in [3.63, 3.8) is 0 Å². The Bertz CT molecular complexity index is 547. The van der Waals surface area contributed by atoms with Gasteiger partial charge in [-0.2, -0.15) is 0 Å². The minimum absolute atomic E-state index is 0.246. The van der Waals surface area contributed by atoms with Gasteiger partial charge in [0.1, 0.15) is 17.2 Å². The Hall–Kier alpha value is -1.98. The van der Waals surface area contributed by atoms with Crippen LogP contribution in [0.5, 0.6) is 5.75 Å². The van der Waals surface area contributed by atoms with Gasteiger partial charge in [-0.3, -0.25) is 0 Å². The smallest absolute Gasteiger partial charge is 0.410 e. The molecule has 0 unspecified atom stereocenters. The second-order valence-corrected chi connectivity index (χ2v) is 6.69. The van der Waals surface area contributed by atoms with Crippen LogP contribution in [0.25, 0.3) is 0 Å². The SMILES string of the molecule is CCOc1cc(C)nc(N2CCN(C(=O)OC(C)(C)C)CC2)c1. The van der Waals surface area contributed by atoms with Gasteiger partial charge in [0.25, 0.3) is 0 Å². The molecular formula is C17H27N3O3. The van der Waals surface area contributed by atoms with Crippen molar-refractivity contribution in [1.29, 1.82) is 0 Å². The molecule has 0 saturated carbocycles. The third kappa shape index (κ3) is 5.01. The summed E-state index contributed by atoms with van der Waals surface area (Å²) in [4.78, 5) is 20.6. The summed E-state index contributed by atoms with van der Waals surface area (Å²) in [7, 11) is 0. The van der Waals surface area contributed by atoms with E-state index >= 15 is 0 Å². The van der Waals surface area contributed by atoms with Gasteiger partial charge in [0.05, 0.1) is 6.61 Å². The molecule has 128 valence electrons. The molecule has 0 N–H and O–H groups in total. The Balaban J connectivity index is 1.98. The van der Waals surface area contributed by atoms with Gasteiger partial charge in [0.15, 0.2) is 0 Å². The highest BCUT2D eigenvalue weighted by Crippen LogP contribution is 2.22. The zero-order chi connectivity index (χ0) is 17.0. The third-order valence-corrected chi connectivity index (χ3v) is 3.48. The number of nitrogens with zero attached hydrogens (tertiary/aromatic N) is 3. The molecular weight excluding hydrogens is 294 g/mol. The normalized spacial score (nSPS) is 15.5. The molecule has 0 atom stereocenters. The van der Waals surface area contributed by atoms with E-state index in [-0.39, 0.29) is 6.09 Å². The summed E-state index contributed by atoms with van der Waals surface area (Å²) < 4.78 is 11.0. The Kier molecular flexibility index (Phi) is 5.34. The Morgan fingerprint density at radius 2 is 1.87 bits per heavy atom. The molecule has 0 bridgehead atoms. The van der Waals surface area contributed by atoms with Crippen molar-refractivity contribution in [2.24, 2.45) is 0 Å². The molecule has 0 aliphatic carbocycles. The van der Waals surface area contributed by atoms with Gasteiger partial charge in [-0.15, -0.1) is 0 Å². The zero-order valence-corrected chi connectivity index (χ0v) is 14.8. The lowest BCUT2D eigenvalue weighted by atomic mass is 10.2. The standard InChI is InChI=1S/C17H27N3O3/c1-6-22-14-11-13(2)18-15(12-14)19-7-9-20(10-8-19)16(21)23-17(3,4)5/h11-12H,6-10H2,1-5H3. The zero-order valence-electron chi connectivity index (χ0n) is 14.8. The number of anilines is 1. The van der Waals surface area contributed by atoms with Crippen molar-refractivity contribution in [2.75, 3.05) is 37.7 Å². The maximum Gasteiger partial charge on any atom is 0.410 e. The summed E-state index contributed by atoms with van der Waals surface area (Å²) in [5.41, 5.74) is 0.471. The molecule has 1 amide bonds. The summed E-state index contributed by atoms with van der Waals surface area (Å²) in [5.74, 6) is 1.74. The number of ether oxygens (including phenoxy) is 2. The predicted molar refractivity (Wildman–Crippen MR) is 90.2 cm³/mol. The lowest BCUT2D eigenvalue weighted by molar-refractivity contribution is 0.0240. The molecule has 6 nitrogen and oxygen atoms in total. The number of piperazine rings is 1. The monoisotopic (exact) mass is 321 g/mol. The van der Waals surface area contributed by atoms with Gasteiger partial charge in [0, 0.05) is 44.0 Å². The van der Waals surface area contributed by atoms with E-state index in [1.54, 1.807) is 4.90 Å². The Morgan fingerprint density at radius 3 is 2.43 bits per heavy atom. The van der Waals surface area contributed by atoms with Crippen molar-refractivity contribution in [1.82, 2.24) is 9.88 Å². The van der Waals surface area contributed by atoms with Crippen LogP contribution in [0.3, 0.4) is 0 Å². The summed E-state index contributed by atoms with van der Waals surface area (Å²) in [6.45, 7) is 13.0. The third-order valence-electron chi connectivity index (χ3n) is 3.48. The second-order valence-electron chi connectivity index (χ2n) is 6.69. The second kappa shape index (κ2) is 7.06. The van der Waals surface area contributed by atoms with E-state index in [2.05, 4.69) is 9.88 Å². The van der Waals surface area contributed by atoms with Gasteiger partial charge in [-0.25, -0.2) is 9.78 Å². The number of carbonyl (C=O) groups is 1. The minimum Gasteiger partial charge on any atom is -0.494 e. The van der Waals surface area contributed by atoms with E-state index < -0.39 is 5.60 Å². The maximum absolute atomic E-state index is 12.1. The number of hydrogen-bond acceptors (Lipinski definition) is 5. The number of aromatic nitrogens is 1. The molecule has 1 saturated heterocycles. The maximum atomic E-state index is 12.1. The molecule has 1 aliphatic heterocycles. The number of rotatable bonds is 3. The number of carbonyl (C=O) groups excluding carboxylic acids is 1. The van der Waals surface area contributed by atoms with E-state index in [0.717, 1.165) is 30.4 Å². The average Bonchev–Trinajstić information content (AvgIpc) is 2.45. The molecule has 0 spiro atoms. The van der Waals surface area contributed by atoms with Crippen molar-refractivity contribution < 1.29 is 14.3 Å². The first-order valence-corrected chi connectivity index (χ1v) is 8.13. The first-order valence-electron chi connectivity index (χ1n) is 8.13. The lowest BCUT2D eigenvalue weighted by Crippen LogP contribution is -2.50. The van der Waals surface area contributed by atoms with E-state index in [1.165, 1.54) is 0 Å². The van der Waals surface area contributed by atoms with Crippen LogP contribution in [0, 0.1) is 6.92 Å². The van der Waals surface area contributed by atoms with Gasteiger partial charge in [0.2, 0.25) is 0 Å². The van der Waals surface area contributed by atoms with Crippen LogP contribution in [0.15, 0.2) is 12.1 Å². The van der Waals surface area contributed by atoms with E-state index in [1.807, 2.05) is 46.8 Å². The quantitative estimate of drug-likeness (QED) is 0.857. The topological polar surface area (TPSA) is 54.9 Å². The van der Waals surface area contributed by atoms with Crippen molar-refractivity contribution in [3.05, 3.63) is 17.8 Å². The van der Waals surface area contributed by atoms with Crippen LogP contribution in [-0.2, 0) is 4.74 Å². The molecule has 1 aromatic rings. The van der Waals surface area contributed by atoms with E-state index in [4.69, 9.17) is 9.47 Å². The van der Waals surface area contributed by atoms with Crippen LogP contribution in [0.1, 0.15) is 33.4 Å². The first-order chi connectivity index (χ1) is 10.8. The molecule has 6 heteroatoms. The van der Waals surface area contributed by atoms with Crippen LogP contribution >= 0.6 is 0 Å². The van der Waals surface area contributed by atoms with Crippen molar-refractivity contribution in [3.8, 4) is 5.75 Å². The van der Waals surface area contributed by atoms with Gasteiger partial charge in [-0.05, 0) is 34.6 Å². The number of aryl methyl sites for hydroxylation is 1. The molecule has 0 aromatic carbocycles. The minimum atomic E-state index is -0.460. The largest absolute Gasteiger partial charge is 0.494 e. The molecule has 23 heavy (non-hydrogen) atoms. The fourth-order valence-electron chi connectivity index (χ4n) is 2.48. The summed E-state index contributed by atoms with van der Waals surface area (Å²) in [5, 5.41) is 0. The Labute approximate surface area is 138 Å². The molecule has 1 aliphatic rings.